The fourth-order valence-electron chi connectivity index (χ4n) is 1.98. The van der Waals surface area contributed by atoms with Crippen molar-refractivity contribution in [3.05, 3.63) is 59.2 Å². The molecule has 0 aromatic heterocycles. The fourth-order valence-corrected chi connectivity index (χ4v) is 1.98. The molecular weight excluding hydrogens is 281 g/mol. The molecule has 7 heteroatoms. The first-order valence-electron chi connectivity index (χ1n) is 6.54. The van der Waals surface area contributed by atoms with Crippen LogP contribution in [-0.4, -0.2) is 23.1 Å². The number of benzene rings is 2. The summed E-state index contributed by atoms with van der Waals surface area (Å²) in [5.41, 5.74) is 7.76. The van der Waals surface area contributed by atoms with Gasteiger partial charge < -0.3 is 21.1 Å². The summed E-state index contributed by atoms with van der Waals surface area (Å²) in [5.74, 6) is -0.613. The van der Waals surface area contributed by atoms with Crippen molar-refractivity contribution in [2.75, 3.05) is 5.32 Å². The third kappa shape index (κ3) is 3.64. The fraction of sp³-hybridized carbons (Fsp3) is 0.0667. The topological polar surface area (TPSA) is 119 Å². The Morgan fingerprint density at radius 2 is 1.91 bits per heavy atom. The molecule has 6 nitrogen and oxygen atoms in total. The van der Waals surface area contributed by atoms with E-state index in [1.165, 1.54) is 6.07 Å². The molecule has 2 aromatic carbocycles. The number of carbonyl (C=O) groups excluding carboxylic acids is 1. The van der Waals surface area contributed by atoms with Crippen molar-refractivity contribution in [1.29, 1.82) is 5.26 Å². The van der Waals surface area contributed by atoms with Gasteiger partial charge in [-0.2, -0.15) is 5.26 Å². The van der Waals surface area contributed by atoms with Crippen molar-refractivity contribution in [1.82, 2.24) is 0 Å². The number of hydrogen-bond donors (Lipinski definition) is 4. The predicted molar refractivity (Wildman–Crippen MR) is 83.3 cm³/mol. The van der Waals surface area contributed by atoms with Crippen molar-refractivity contribution in [3.63, 3.8) is 0 Å². The Morgan fingerprint density at radius 1 is 1.23 bits per heavy atom. The van der Waals surface area contributed by atoms with E-state index in [1.54, 1.807) is 36.4 Å². The predicted octanol–water partition coefficient (Wildman–Crippen LogP) is -0.0509. The zero-order valence-electron chi connectivity index (χ0n) is 11.7. The van der Waals surface area contributed by atoms with E-state index >= 15 is 0 Å². The second-order valence-corrected chi connectivity index (χ2v) is 4.71. The molecule has 0 aliphatic carbocycles. The number of nitrogens with zero attached hydrogens (tertiary/aromatic N) is 1. The zero-order valence-corrected chi connectivity index (χ0v) is 11.7. The van der Waals surface area contributed by atoms with Gasteiger partial charge in [-0.15, -0.1) is 0 Å². The van der Waals surface area contributed by atoms with Crippen LogP contribution in [0.1, 0.15) is 21.5 Å². The van der Waals surface area contributed by atoms with E-state index in [1.807, 2.05) is 6.07 Å². The van der Waals surface area contributed by atoms with Gasteiger partial charge in [-0.05, 0) is 29.2 Å². The Hall–Kier alpha value is -2.82. The van der Waals surface area contributed by atoms with Crippen molar-refractivity contribution >= 4 is 24.2 Å². The highest BCUT2D eigenvalue weighted by atomic mass is 16.4. The maximum absolute atomic E-state index is 11.4. The molecule has 0 saturated heterocycles. The largest absolute Gasteiger partial charge is 0.488 e. The minimum Gasteiger partial charge on any atom is -0.423 e. The van der Waals surface area contributed by atoms with Crippen LogP contribution in [0.4, 0.5) is 5.69 Å². The SMILES string of the molecule is N#Cc1ccc(NCc2ccc(B(O)O)cc2)c(C(N)=O)c1. The Morgan fingerprint density at radius 3 is 2.45 bits per heavy atom. The van der Waals surface area contributed by atoms with Crippen LogP contribution in [-0.2, 0) is 6.54 Å². The van der Waals surface area contributed by atoms with Gasteiger partial charge in [0.15, 0.2) is 0 Å². The summed E-state index contributed by atoms with van der Waals surface area (Å²) < 4.78 is 0. The molecule has 0 fully saturated rings. The third-order valence-corrected chi connectivity index (χ3v) is 3.17. The number of nitrogens with one attached hydrogen (secondary N) is 1. The molecule has 0 aliphatic rings. The maximum Gasteiger partial charge on any atom is 0.488 e. The van der Waals surface area contributed by atoms with E-state index in [-0.39, 0.29) is 5.56 Å². The van der Waals surface area contributed by atoms with Crippen molar-refractivity contribution in [3.8, 4) is 6.07 Å². The molecule has 2 aromatic rings. The Balaban J connectivity index is 2.14. The van der Waals surface area contributed by atoms with Gasteiger partial charge >= 0.3 is 7.12 Å². The molecule has 0 atom stereocenters. The summed E-state index contributed by atoms with van der Waals surface area (Å²) in [6.45, 7) is 0.425. The standard InChI is InChI=1S/C15H14BN3O3/c17-8-11-3-6-14(13(7-11)15(18)20)19-9-10-1-4-12(5-2-10)16(21)22/h1-7,19,21-22H,9H2,(H2,18,20). The molecule has 2 rings (SSSR count). The highest BCUT2D eigenvalue weighted by Crippen LogP contribution is 2.18. The number of carbonyl (C=O) groups is 1. The first-order valence-corrected chi connectivity index (χ1v) is 6.54. The Kier molecular flexibility index (Phi) is 4.78. The van der Waals surface area contributed by atoms with Crippen molar-refractivity contribution in [2.24, 2.45) is 5.73 Å². The second-order valence-electron chi connectivity index (χ2n) is 4.71. The second kappa shape index (κ2) is 6.76. The molecule has 0 radical (unpaired) electrons. The zero-order chi connectivity index (χ0) is 16.1. The summed E-state index contributed by atoms with van der Waals surface area (Å²) >= 11 is 0. The summed E-state index contributed by atoms with van der Waals surface area (Å²) in [5, 5.41) is 30.0. The lowest BCUT2D eigenvalue weighted by atomic mass is 9.80. The smallest absolute Gasteiger partial charge is 0.423 e. The lowest BCUT2D eigenvalue weighted by molar-refractivity contribution is 0.100. The number of rotatable bonds is 5. The van der Waals surface area contributed by atoms with Crippen LogP contribution < -0.4 is 16.5 Å². The van der Waals surface area contributed by atoms with Gasteiger partial charge in [0.05, 0.1) is 17.2 Å². The van der Waals surface area contributed by atoms with Crippen LogP contribution in [0, 0.1) is 11.3 Å². The van der Waals surface area contributed by atoms with Gasteiger partial charge in [-0.3, -0.25) is 4.79 Å². The number of amides is 1. The molecule has 0 saturated carbocycles. The van der Waals surface area contributed by atoms with Gasteiger partial charge in [0.1, 0.15) is 0 Å². The molecule has 0 aliphatic heterocycles. The number of primary amides is 1. The summed E-state index contributed by atoms with van der Waals surface area (Å²) in [7, 11) is -1.50. The molecular formula is C15H14BN3O3. The molecule has 1 amide bonds. The lowest BCUT2D eigenvalue weighted by Crippen LogP contribution is -2.29. The van der Waals surface area contributed by atoms with E-state index in [4.69, 9.17) is 21.0 Å². The first kappa shape index (κ1) is 15.6. The average Bonchev–Trinajstić information content (AvgIpc) is 2.53. The average molecular weight is 295 g/mol. The number of nitrogens with two attached hydrogens (primary N) is 1. The van der Waals surface area contributed by atoms with E-state index < -0.39 is 13.0 Å². The number of nitriles is 1. The van der Waals surface area contributed by atoms with E-state index in [0.717, 1.165) is 5.56 Å². The minimum atomic E-state index is -1.50. The lowest BCUT2D eigenvalue weighted by Gasteiger charge is -2.11. The quantitative estimate of drug-likeness (QED) is 0.576. The van der Waals surface area contributed by atoms with Crippen LogP contribution in [0.25, 0.3) is 0 Å². The van der Waals surface area contributed by atoms with Gasteiger partial charge in [0.25, 0.3) is 5.91 Å². The molecule has 5 N–H and O–H groups in total. The number of anilines is 1. The van der Waals surface area contributed by atoms with E-state index in [9.17, 15) is 4.79 Å². The maximum atomic E-state index is 11.4. The Bertz CT molecular complexity index is 724. The monoisotopic (exact) mass is 295 g/mol. The van der Waals surface area contributed by atoms with Crippen LogP contribution in [0.15, 0.2) is 42.5 Å². The highest BCUT2D eigenvalue weighted by Gasteiger charge is 2.11. The normalized spacial score (nSPS) is 9.86. The van der Waals surface area contributed by atoms with Gasteiger partial charge in [-0.1, -0.05) is 24.3 Å². The van der Waals surface area contributed by atoms with Crippen LogP contribution in [0.2, 0.25) is 0 Å². The summed E-state index contributed by atoms with van der Waals surface area (Å²) in [4.78, 5) is 11.4. The van der Waals surface area contributed by atoms with Crippen molar-refractivity contribution in [2.45, 2.75) is 6.54 Å². The first-order chi connectivity index (χ1) is 10.5. The molecule has 110 valence electrons. The van der Waals surface area contributed by atoms with Crippen LogP contribution >= 0.6 is 0 Å². The summed E-state index contributed by atoms with van der Waals surface area (Å²) in [6.07, 6.45) is 0. The van der Waals surface area contributed by atoms with Crippen LogP contribution in [0.5, 0.6) is 0 Å². The highest BCUT2D eigenvalue weighted by molar-refractivity contribution is 6.58. The number of hydrogen-bond acceptors (Lipinski definition) is 5. The molecule has 0 spiro atoms. The van der Waals surface area contributed by atoms with Gasteiger partial charge in [0, 0.05) is 12.2 Å². The van der Waals surface area contributed by atoms with E-state index in [2.05, 4.69) is 5.32 Å². The molecule has 0 heterocycles. The van der Waals surface area contributed by atoms with Crippen LogP contribution in [0.3, 0.4) is 0 Å². The minimum absolute atomic E-state index is 0.251. The van der Waals surface area contributed by atoms with E-state index in [0.29, 0.717) is 23.3 Å². The van der Waals surface area contributed by atoms with Gasteiger partial charge in [-0.25, -0.2) is 0 Å². The molecule has 0 unspecified atom stereocenters. The molecule has 0 bridgehead atoms. The van der Waals surface area contributed by atoms with Gasteiger partial charge in [0.2, 0.25) is 0 Å². The molecule has 22 heavy (non-hydrogen) atoms. The van der Waals surface area contributed by atoms with Crippen molar-refractivity contribution < 1.29 is 14.8 Å². The third-order valence-electron chi connectivity index (χ3n) is 3.17. The Labute approximate surface area is 128 Å². The summed E-state index contributed by atoms with van der Waals surface area (Å²) in [6, 6.07) is 13.3.